The summed E-state index contributed by atoms with van der Waals surface area (Å²) in [6.07, 6.45) is 11.6. The molecule has 0 spiro atoms. The average molecular weight is 963 g/mol. The summed E-state index contributed by atoms with van der Waals surface area (Å²) in [7, 11) is 0. The number of carbonyl (C=O) groups excluding carboxylic acids is 2. The lowest BCUT2D eigenvalue weighted by Gasteiger charge is -2.31. The molecular formula is C56H69F3N6O5. The number of hydrogen-bond donors (Lipinski definition) is 5. The minimum atomic E-state index is -5.08. The van der Waals surface area contributed by atoms with Gasteiger partial charge in [-0.1, -0.05) is 72.8 Å². The van der Waals surface area contributed by atoms with Gasteiger partial charge in [-0.3, -0.25) is 9.80 Å². The lowest BCUT2D eigenvalue weighted by atomic mass is 9.84. The zero-order valence-electron chi connectivity index (χ0n) is 40.4. The largest absolute Gasteiger partial charge is 0.490 e. The molecule has 4 aromatic carbocycles. The summed E-state index contributed by atoms with van der Waals surface area (Å²) in [5.74, 6) is 0.200. The summed E-state index contributed by atoms with van der Waals surface area (Å²) in [5, 5.41) is 20.0. The van der Waals surface area contributed by atoms with Gasteiger partial charge in [0.25, 0.3) is 0 Å². The second-order valence-electron chi connectivity index (χ2n) is 20.7. The fourth-order valence-corrected chi connectivity index (χ4v) is 12.6. The Morgan fingerprint density at radius 3 is 1.16 bits per heavy atom. The van der Waals surface area contributed by atoms with E-state index in [2.05, 4.69) is 79.6 Å². The number of nitrogens with zero attached hydrogens (tertiary/aromatic N) is 2. The van der Waals surface area contributed by atoms with E-state index in [1.807, 2.05) is 62.4 Å². The highest BCUT2D eigenvalue weighted by atomic mass is 19.4. The second kappa shape index (κ2) is 21.8. The summed E-state index contributed by atoms with van der Waals surface area (Å²) in [5.41, 5.74) is 8.32. The van der Waals surface area contributed by atoms with Crippen LogP contribution in [0.4, 0.5) is 22.8 Å². The number of fused-ring (bicyclic) bond motifs is 10. The number of urea groups is 2. The van der Waals surface area contributed by atoms with E-state index in [0.717, 1.165) is 60.1 Å². The maximum absolute atomic E-state index is 13.0. The lowest BCUT2D eigenvalue weighted by molar-refractivity contribution is -0.192. The highest BCUT2D eigenvalue weighted by molar-refractivity contribution is 5.75. The molecule has 0 aromatic heterocycles. The first kappa shape index (κ1) is 49.4. The predicted octanol–water partition coefficient (Wildman–Crippen LogP) is 12.5. The van der Waals surface area contributed by atoms with E-state index in [4.69, 9.17) is 14.6 Å². The molecule has 6 aliphatic rings. The summed E-state index contributed by atoms with van der Waals surface area (Å²) < 4.78 is 37.9. The fraction of sp³-hybridized carbons (Fsp3) is 0.518. The van der Waals surface area contributed by atoms with Crippen LogP contribution in [0.5, 0.6) is 11.5 Å². The number of rotatable bonds is 14. The highest BCUT2D eigenvalue weighted by Crippen LogP contribution is 2.54. The summed E-state index contributed by atoms with van der Waals surface area (Å²) in [4.78, 5) is 40.5. The molecule has 10 rings (SSSR count). The monoisotopic (exact) mass is 963 g/mol. The number of carboxylic acids is 1. The highest BCUT2D eigenvalue weighted by Gasteiger charge is 2.45. The van der Waals surface area contributed by atoms with Gasteiger partial charge in [0.1, 0.15) is 11.5 Å². The molecule has 2 saturated heterocycles. The first-order chi connectivity index (χ1) is 33.8. The molecule has 4 amide bonds. The van der Waals surface area contributed by atoms with Gasteiger partial charge in [-0.25, -0.2) is 14.4 Å². The van der Waals surface area contributed by atoms with Gasteiger partial charge in [-0.05, 0) is 186 Å². The molecule has 374 valence electrons. The van der Waals surface area contributed by atoms with Crippen molar-refractivity contribution in [2.24, 2.45) is 11.8 Å². The van der Waals surface area contributed by atoms with Crippen molar-refractivity contribution in [3.8, 4) is 11.5 Å². The van der Waals surface area contributed by atoms with Crippen molar-refractivity contribution >= 4 is 18.0 Å². The van der Waals surface area contributed by atoms with E-state index in [0.29, 0.717) is 24.2 Å². The van der Waals surface area contributed by atoms with Crippen LogP contribution < -0.4 is 26.0 Å². The number of halogens is 3. The molecule has 14 heteroatoms. The Labute approximate surface area is 410 Å². The van der Waals surface area contributed by atoms with Gasteiger partial charge in [0, 0.05) is 36.3 Å². The van der Waals surface area contributed by atoms with Gasteiger partial charge in [0.15, 0.2) is 0 Å². The third-order valence-corrected chi connectivity index (χ3v) is 16.3. The number of ether oxygens (including phenoxy) is 1. The van der Waals surface area contributed by atoms with Crippen molar-refractivity contribution in [1.82, 2.24) is 31.1 Å². The normalized spacial score (nSPS) is 26.5. The lowest BCUT2D eigenvalue weighted by Crippen LogP contribution is -2.44. The quantitative estimate of drug-likeness (QED) is 0.0849. The first-order valence-corrected chi connectivity index (χ1v) is 25.8. The number of hydrogen-bond acceptors (Lipinski definition) is 6. The van der Waals surface area contributed by atoms with E-state index in [9.17, 15) is 22.8 Å². The standard InChI is InChI=1S/C54H68N6O3.C2HF3O2/c1-35(55-53(61)57-41-19-11-37(12-20-41)31-33-59-49-27-28-50(59)46-8-4-3-7-45(46)49)39-15-23-43(24-16-39)63-44-25-17-40(18-26-44)36(2)56-54(62)58-42-21-13-38(14-22-42)32-34-60-51-29-30-52(60)48-10-6-5-9-47(48)51;3-2(4,5)1(6)7/h3-10,15-18,23-26,35-38,41-42,49-52H,11-14,19-22,27-34H2,1-2H3,(H2,55,57,61)(H2,56,58,62);(H,6,7)/t35?,36?,37?,38?,41?,42?,49-,50+,51-,52+;. The molecule has 11 nitrogen and oxygen atoms in total. The average Bonchev–Trinajstić information content (AvgIpc) is 4.12. The first-order valence-electron chi connectivity index (χ1n) is 25.8. The van der Waals surface area contributed by atoms with E-state index in [1.165, 1.54) is 77.3 Å². The van der Waals surface area contributed by atoms with Crippen molar-refractivity contribution in [1.29, 1.82) is 0 Å². The topological polar surface area (TPSA) is 135 Å². The summed E-state index contributed by atoms with van der Waals surface area (Å²) in [6, 6.07) is 36.5. The van der Waals surface area contributed by atoms with E-state index >= 15 is 0 Å². The molecule has 4 aliphatic heterocycles. The maximum atomic E-state index is 13.0. The van der Waals surface area contributed by atoms with Crippen molar-refractivity contribution in [3.63, 3.8) is 0 Å². The molecule has 5 N–H and O–H groups in total. The number of aliphatic carboxylic acids is 1. The maximum Gasteiger partial charge on any atom is 0.490 e. The molecule has 2 unspecified atom stereocenters. The van der Waals surface area contributed by atoms with Crippen molar-refractivity contribution in [2.75, 3.05) is 13.1 Å². The second-order valence-corrected chi connectivity index (χ2v) is 20.7. The molecular weight excluding hydrogens is 894 g/mol. The zero-order chi connectivity index (χ0) is 48.9. The number of alkyl halides is 3. The Morgan fingerprint density at radius 1 is 0.543 bits per heavy atom. The number of carbonyl (C=O) groups is 3. The molecule has 2 aliphatic carbocycles. The van der Waals surface area contributed by atoms with Crippen LogP contribution in [-0.4, -0.2) is 64.3 Å². The van der Waals surface area contributed by atoms with Gasteiger partial charge in [-0.15, -0.1) is 0 Å². The third kappa shape index (κ3) is 11.6. The third-order valence-electron chi connectivity index (χ3n) is 16.3. The molecule has 4 aromatic rings. The molecule has 6 atom stereocenters. The Balaban J connectivity index is 0.000000810. The van der Waals surface area contributed by atoms with Gasteiger partial charge in [-0.2, -0.15) is 13.2 Å². The van der Waals surface area contributed by atoms with Crippen LogP contribution in [0.25, 0.3) is 0 Å². The van der Waals surface area contributed by atoms with Crippen molar-refractivity contribution in [2.45, 2.75) is 158 Å². The Kier molecular flexibility index (Phi) is 15.4. The minimum absolute atomic E-state index is 0.0942. The number of carboxylic acid groups (broad SMARTS) is 1. The zero-order valence-corrected chi connectivity index (χ0v) is 40.4. The molecule has 70 heavy (non-hydrogen) atoms. The van der Waals surface area contributed by atoms with Crippen LogP contribution in [0.15, 0.2) is 97.1 Å². The van der Waals surface area contributed by atoms with E-state index in [-0.39, 0.29) is 36.2 Å². The van der Waals surface area contributed by atoms with Gasteiger partial charge < -0.3 is 31.1 Å². The van der Waals surface area contributed by atoms with Crippen molar-refractivity contribution < 1.29 is 37.4 Å². The Morgan fingerprint density at radius 2 is 0.857 bits per heavy atom. The van der Waals surface area contributed by atoms with Crippen LogP contribution in [0, 0.1) is 11.8 Å². The number of nitrogens with one attached hydrogen (secondary N) is 4. The SMILES string of the molecule is CC(NC(=O)NC1CCC(CCN2[C@@H]3CC[C@H]2c2ccccc23)CC1)c1ccc(Oc2ccc(C(C)NC(=O)NC3CCC(CCN4[C@@H]5CC[C@H]4c4ccccc45)CC3)cc2)cc1.O=C(O)C(F)(F)F. The van der Waals surface area contributed by atoms with Crippen LogP contribution in [-0.2, 0) is 4.79 Å². The molecule has 4 heterocycles. The van der Waals surface area contributed by atoms with E-state index < -0.39 is 12.1 Å². The van der Waals surface area contributed by atoms with E-state index in [1.54, 1.807) is 22.3 Å². The predicted molar refractivity (Wildman–Crippen MR) is 263 cm³/mol. The van der Waals surface area contributed by atoms with Crippen LogP contribution >= 0.6 is 0 Å². The number of amides is 4. The van der Waals surface area contributed by atoms with Crippen LogP contribution in [0.3, 0.4) is 0 Å². The number of benzene rings is 4. The minimum Gasteiger partial charge on any atom is -0.475 e. The van der Waals surface area contributed by atoms with Gasteiger partial charge in [0.2, 0.25) is 0 Å². The molecule has 4 fully saturated rings. The summed E-state index contributed by atoms with van der Waals surface area (Å²) in [6.45, 7) is 6.43. The molecule has 2 saturated carbocycles. The Hall–Kier alpha value is -5.60. The fourth-order valence-electron chi connectivity index (χ4n) is 12.6. The molecule has 4 bridgehead atoms. The smallest absolute Gasteiger partial charge is 0.475 e. The van der Waals surface area contributed by atoms with Crippen LogP contribution in [0.1, 0.15) is 173 Å². The van der Waals surface area contributed by atoms with Crippen LogP contribution in [0.2, 0.25) is 0 Å². The molecule has 0 radical (unpaired) electrons. The van der Waals surface area contributed by atoms with Crippen molar-refractivity contribution in [3.05, 3.63) is 130 Å². The summed E-state index contributed by atoms with van der Waals surface area (Å²) >= 11 is 0. The Bertz CT molecular complexity index is 2200. The van der Waals surface area contributed by atoms with Gasteiger partial charge in [0.05, 0.1) is 12.1 Å². The van der Waals surface area contributed by atoms with Gasteiger partial charge >= 0.3 is 24.2 Å².